The number of pyridine rings is 1. The minimum absolute atomic E-state index is 0.0692. The van der Waals surface area contributed by atoms with Gasteiger partial charge in [0, 0.05) is 40.5 Å². The largest absolute Gasteiger partial charge is 0.392 e. The second-order valence-corrected chi connectivity index (χ2v) is 5.38. The first-order chi connectivity index (χ1) is 9.28. The van der Waals surface area contributed by atoms with Crippen molar-refractivity contribution in [1.29, 1.82) is 0 Å². The third-order valence-corrected chi connectivity index (χ3v) is 3.62. The SMILES string of the molecule is OCc1cccc2c1ccn2Cc1cncc(Br)c1. The van der Waals surface area contributed by atoms with Gasteiger partial charge >= 0.3 is 0 Å². The third kappa shape index (κ3) is 2.41. The second-order valence-electron chi connectivity index (χ2n) is 4.46. The van der Waals surface area contributed by atoms with Gasteiger partial charge in [0.1, 0.15) is 0 Å². The Morgan fingerprint density at radius 3 is 2.89 bits per heavy atom. The van der Waals surface area contributed by atoms with Gasteiger partial charge in [0.25, 0.3) is 0 Å². The molecular weight excluding hydrogens is 304 g/mol. The van der Waals surface area contributed by atoms with Crippen LogP contribution in [0.25, 0.3) is 10.9 Å². The maximum absolute atomic E-state index is 9.35. The van der Waals surface area contributed by atoms with Gasteiger partial charge in [-0.05, 0) is 45.3 Å². The molecule has 0 amide bonds. The summed E-state index contributed by atoms with van der Waals surface area (Å²) in [6.07, 6.45) is 5.69. The lowest BCUT2D eigenvalue weighted by Crippen LogP contribution is -1.98. The zero-order valence-corrected chi connectivity index (χ0v) is 11.8. The summed E-state index contributed by atoms with van der Waals surface area (Å²) in [7, 11) is 0. The van der Waals surface area contributed by atoms with E-state index in [4.69, 9.17) is 0 Å². The molecule has 3 rings (SSSR count). The molecule has 0 aliphatic rings. The molecule has 0 saturated heterocycles. The molecule has 4 heteroatoms. The standard InChI is InChI=1S/C15H13BrN2O/c16-13-6-11(7-17-8-13)9-18-5-4-14-12(10-19)2-1-3-15(14)18/h1-8,19H,9-10H2. The van der Waals surface area contributed by atoms with Crippen LogP contribution in [-0.2, 0) is 13.2 Å². The van der Waals surface area contributed by atoms with Crippen LogP contribution in [0.5, 0.6) is 0 Å². The number of halogens is 1. The van der Waals surface area contributed by atoms with E-state index in [-0.39, 0.29) is 6.61 Å². The Bertz CT molecular complexity index is 721. The number of hydrogen-bond donors (Lipinski definition) is 1. The summed E-state index contributed by atoms with van der Waals surface area (Å²) in [5.41, 5.74) is 3.23. The number of nitrogens with zero attached hydrogens (tertiary/aromatic N) is 2. The molecule has 2 heterocycles. The Balaban J connectivity index is 2.02. The number of hydrogen-bond acceptors (Lipinski definition) is 2. The summed E-state index contributed by atoms with van der Waals surface area (Å²) in [5.74, 6) is 0. The van der Waals surface area contributed by atoms with E-state index in [9.17, 15) is 5.11 Å². The quantitative estimate of drug-likeness (QED) is 0.804. The number of aliphatic hydroxyl groups excluding tert-OH is 1. The van der Waals surface area contributed by atoms with Crippen molar-refractivity contribution < 1.29 is 5.11 Å². The third-order valence-electron chi connectivity index (χ3n) is 3.19. The molecule has 0 aliphatic carbocycles. The van der Waals surface area contributed by atoms with E-state index >= 15 is 0 Å². The van der Waals surface area contributed by atoms with Gasteiger partial charge in [-0.15, -0.1) is 0 Å². The molecule has 1 aromatic carbocycles. The average Bonchev–Trinajstić information content (AvgIpc) is 2.82. The van der Waals surface area contributed by atoms with Gasteiger partial charge in [0.05, 0.1) is 6.61 Å². The topological polar surface area (TPSA) is 38.0 Å². The zero-order chi connectivity index (χ0) is 13.2. The van der Waals surface area contributed by atoms with Crippen LogP contribution in [0.15, 0.2) is 53.4 Å². The average molecular weight is 317 g/mol. The normalized spacial score (nSPS) is 11.1. The lowest BCUT2D eigenvalue weighted by molar-refractivity contribution is 0.283. The molecule has 0 spiro atoms. The molecule has 3 aromatic rings. The van der Waals surface area contributed by atoms with Crippen molar-refractivity contribution in [2.24, 2.45) is 0 Å². The van der Waals surface area contributed by atoms with Crippen LogP contribution >= 0.6 is 15.9 Å². The summed E-state index contributed by atoms with van der Waals surface area (Å²) in [6, 6.07) is 10.1. The molecule has 0 atom stereocenters. The van der Waals surface area contributed by atoms with Gasteiger partial charge in [0.15, 0.2) is 0 Å². The van der Waals surface area contributed by atoms with Crippen molar-refractivity contribution in [2.75, 3.05) is 0 Å². The predicted molar refractivity (Wildman–Crippen MR) is 78.9 cm³/mol. The Hall–Kier alpha value is -1.65. The molecule has 0 saturated carbocycles. The van der Waals surface area contributed by atoms with E-state index in [0.717, 1.165) is 33.0 Å². The molecule has 0 unspecified atom stereocenters. The Labute approximate surface area is 119 Å². The summed E-state index contributed by atoms with van der Waals surface area (Å²) < 4.78 is 3.15. The van der Waals surface area contributed by atoms with Gasteiger partial charge in [-0.25, -0.2) is 0 Å². The Kier molecular flexibility index (Phi) is 3.36. The molecule has 0 radical (unpaired) electrons. The minimum atomic E-state index is 0.0692. The zero-order valence-electron chi connectivity index (χ0n) is 10.3. The van der Waals surface area contributed by atoms with Crippen molar-refractivity contribution in [2.45, 2.75) is 13.2 Å². The fraction of sp³-hybridized carbons (Fsp3) is 0.133. The van der Waals surface area contributed by atoms with E-state index in [0.29, 0.717) is 0 Å². The lowest BCUT2D eigenvalue weighted by Gasteiger charge is -2.06. The molecule has 1 N–H and O–H groups in total. The highest BCUT2D eigenvalue weighted by molar-refractivity contribution is 9.10. The molecule has 0 fully saturated rings. The first-order valence-corrected chi connectivity index (χ1v) is 6.84. The van der Waals surface area contributed by atoms with Gasteiger partial charge in [-0.1, -0.05) is 12.1 Å². The summed E-state index contributed by atoms with van der Waals surface area (Å²) in [6.45, 7) is 0.838. The number of aromatic nitrogens is 2. The molecule has 96 valence electrons. The number of fused-ring (bicyclic) bond motifs is 1. The van der Waals surface area contributed by atoms with Crippen LogP contribution in [0, 0.1) is 0 Å². The first-order valence-electron chi connectivity index (χ1n) is 6.05. The van der Waals surface area contributed by atoms with Gasteiger partial charge in [-0.2, -0.15) is 0 Å². The van der Waals surface area contributed by atoms with E-state index < -0.39 is 0 Å². The fourth-order valence-corrected chi connectivity index (χ4v) is 2.71. The van der Waals surface area contributed by atoms with Crippen LogP contribution in [0.2, 0.25) is 0 Å². The maximum atomic E-state index is 9.35. The minimum Gasteiger partial charge on any atom is -0.392 e. The Morgan fingerprint density at radius 2 is 2.11 bits per heavy atom. The van der Waals surface area contributed by atoms with E-state index in [2.05, 4.69) is 37.6 Å². The van der Waals surface area contributed by atoms with Crippen LogP contribution < -0.4 is 0 Å². The monoisotopic (exact) mass is 316 g/mol. The van der Waals surface area contributed by atoms with Crippen LogP contribution in [0.1, 0.15) is 11.1 Å². The highest BCUT2D eigenvalue weighted by Gasteiger charge is 2.05. The first kappa shape index (κ1) is 12.4. The van der Waals surface area contributed by atoms with Gasteiger partial charge < -0.3 is 9.67 Å². The number of aliphatic hydroxyl groups is 1. The van der Waals surface area contributed by atoms with E-state index in [1.807, 2.05) is 30.6 Å². The van der Waals surface area contributed by atoms with Crippen LogP contribution in [-0.4, -0.2) is 14.7 Å². The van der Waals surface area contributed by atoms with Gasteiger partial charge in [-0.3, -0.25) is 4.98 Å². The predicted octanol–water partition coefficient (Wildman–Crippen LogP) is 3.34. The van der Waals surface area contributed by atoms with Crippen molar-refractivity contribution >= 4 is 26.8 Å². The lowest BCUT2D eigenvalue weighted by atomic mass is 10.1. The molecule has 3 nitrogen and oxygen atoms in total. The molecular formula is C15H13BrN2O. The highest BCUT2D eigenvalue weighted by Crippen LogP contribution is 2.21. The summed E-state index contributed by atoms with van der Waals surface area (Å²) >= 11 is 3.43. The summed E-state index contributed by atoms with van der Waals surface area (Å²) in [5, 5.41) is 10.5. The van der Waals surface area contributed by atoms with Crippen molar-refractivity contribution in [1.82, 2.24) is 9.55 Å². The fourth-order valence-electron chi connectivity index (χ4n) is 2.30. The molecule has 2 aromatic heterocycles. The summed E-state index contributed by atoms with van der Waals surface area (Å²) in [4.78, 5) is 4.18. The van der Waals surface area contributed by atoms with E-state index in [1.165, 1.54) is 0 Å². The van der Waals surface area contributed by atoms with Crippen LogP contribution in [0.4, 0.5) is 0 Å². The molecule has 0 bridgehead atoms. The number of benzene rings is 1. The smallest absolute Gasteiger partial charge is 0.0688 e. The Morgan fingerprint density at radius 1 is 1.21 bits per heavy atom. The van der Waals surface area contributed by atoms with Crippen molar-refractivity contribution in [3.63, 3.8) is 0 Å². The van der Waals surface area contributed by atoms with Crippen LogP contribution in [0.3, 0.4) is 0 Å². The van der Waals surface area contributed by atoms with E-state index in [1.54, 1.807) is 6.20 Å². The van der Waals surface area contributed by atoms with Crippen molar-refractivity contribution in [3.8, 4) is 0 Å². The van der Waals surface area contributed by atoms with Gasteiger partial charge in [0.2, 0.25) is 0 Å². The highest BCUT2D eigenvalue weighted by atomic mass is 79.9. The second kappa shape index (κ2) is 5.15. The van der Waals surface area contributed by atoms with Crippen molar-refractivity contribution in [3.05, 3.63) is 64.5 Å². The number of rotatable bonds is 3. The maximum Gasteiger partial charge on any atom is 0.0688 e. The molecule has 19 heavy (non-hydrogen) atoms. The molecule has 0 aliphatic heterocycles.